The number of hydrogen-bond donors (Lipinski definition) is 0. The lowest BCUT2D eigenvalue weighted by Gasteiger charge is -2.38. The third-order valence-corrected chi connectivity index (χ3v) is 5.67. The maximum atomic E-state index is 5.25. The van der Waals surface area contributed by atoms with Crippen molar-refractivity contribution in [2.75, 3.05) is 46.4 Å². The lowest BCUT2D eigenvalue weighted by Crippen LogP contribution is -2.46. The van der Waals surface area contributed by atoms with Gasteiger partial charge in [-0.1, -0.05) is 31.2 Å². The lowest BCUT2D eigenvalue weighted by molar-refractivity contribution is 0.0893. The maximum Gasteiger partial charge on any atom is 0.0589 e. The summed E-state index contributed by atoms with van der Waals surface area (Å²) >= 11 is 0. The minimum absolute atomic E-state index is 0.740. The highest BCUT2D eigenvalue weighted by Gasteiger charge is 2.30. The van der Waals surface area contributed by atoms with Crippen LogP contribution in [0.2, 0.25) is 0 Å². The Kier molecular flexibility index (Phi) is 6.09. The van der Waals surface area contributed by atoms with Crippen LogP contribution in [0.15, 0.2) is 24.3 Å². The van der Waals surface area contributed by atoms with Crippen LogP contribution in [0.3, 0.4) is 0 Å². The molecule has 0 bridgehead atoms. The second-order valence-corrected chi connectivity index (χ2v) is 7.22. The normalized spacial score (nSPS) is 22.7. The molecule has 1 heterocycles. The van der Waals surface area contributed by atoms with Crippen LogP contribution in [-0.4, -0.2) is 62.3 Å². The molecule has 128 valence electrons. The molecule has 0 spiro atoms. The van der Waals surface area contributed by atoms with Crippen LogP contribution in [0.1, 0.15) is 30.9 Å². The van der Waals surface area contributed by atoms with Crippen molar-refractivity contribution in [3.05, 3.63) is 35.4 Å². The molecule has 1 saturated heterocycles. The Morgan fingerprint density at radius 2 is 1.96 bits per heavy atom. The number of methoxy groups -OCH3 is 1. The summed E-state index contributed by atoms with van der Waals surface area (Å²) in [5.74, 6) is 0.823. The van der Waals surface area contributed by atoms with E-state index in [1.54, 1.807) is 18.2 Å². The van der Waals surface area contributed by atoms with Gasteiger partial charge in [-0.15, -0.1) is 0 Å². The summed E-state index contributed by atoms with van der Waals surface area (Å²) in [5, 5.41) is 0. The fourth-order valence-electron chi connectivity index (χ4n) is 4.34. The molecule has 1 aliphatic carbocycles. The van der Waals surface area contributed by atoms with Crippen molar-refractivity contribution in [1.82, 2.24) is 9.80 Å². The first-order chi connectivity index (χ1) is 11.3. The smallest absolute Gasteiger partial charge is 0.0589 e. The highest BCUT2D eigenvalue weighted by atomic mass is 16.5. The Labute approximate surface area is 141 Å². The Balaban J connectivity index is 1.53. The molecule has 3 rings (SSSR count). The molecule has 1 atom stereocenters. The molecule has 0 amide bonds. The zero-order chi connectivity index (χ0) is 16.1. The molecule has 1 fully saturated rings. The van der Waals surface area contributed by atoms with Crippen molar-refractivity contribution in [3.63, 3.8) is 0 Å². The number of likely N-dealkylation sites (tertiary alicyclic amines) is 1. The van der Waals surface area contributed by atoms with Crippen molar-refractivity contribution >= 4 is 0 Å². The SMILES string of the molecule is CCN(CCOC)CC1CCCN(C2Cc3ccccc3C2)C1. The zero-order valence-electron chi connectivity index (χ0n) is 14.8. The van der Waals surface area contributed by atoms with E-state index in [2.05, 4.69) is 41.0 Å². The van der Waals surface area contributed by atoms with Crippen LogP contribution in [0.5, 0.6) is 0 Å². The summed E-state index contributed by atoms with van der Waals surface area (Å²) in [6.45, 7) is 9.12. The maximum absolute atomic E-state index is 5.25. The number of benzene rings is 1. The van der Waals surface area contributed by atoms with Gasteiger partial charge in [0.1, 0.15) is 0 Å². The van der Waals surface area contributed by atoms with Gasteiger partial charge in [-0.3, -0.25) is 4.90 Å². The van der Waals surface area contributed by atoms with E-state index in [0.29, 0.717) is 0 Å². The van der Waals surface area contributed by atoms with Crippen LogP contribution in [0.4, 0.5) is 0 Å². The van der Waals surface area contributed by atoms with E-state index >= 15 is 0 Å². The first-order valence-electron chi connectivity index (χ1n) is 9.32. The Morgan fingerprint density at radius 1 is 1.22 bits per heavy atom. The molecule has 3 heteroatoms. The van der Waals surface area contributed by atoms with E-state index < -0.39 is 0 Å². The average molecular weight is 316 g/mol. The first-order valence-corrected chi connectivity index (χ1v) is 9.32. The fourth-order valence-corrected chi connectivity index (χ4v) is 4.34. The van der Waals surface area contributed by atoms with Crippen LogP contribution in [-0.2, 0) is 17.6 Å². The van der Waals surface area contributed by atoms with Gasteiger partial charge in [-0.25, -0.2) is 0 Å². The van der Waals surface area contributed by atoms with E-state index in [0.717, 1.165) is 31.7 Å². The van der Waals surface area contributed by atoms with Crippen molar-refractivity contribution in [2.45, 2.75) is 38.6 Å². The van der Waals surface area contributed by atoms with Crippen molar-refractivity contribution in [2.24, 2.45) is 5.92 Å². The van der Waals surface area contributed by atoms with Gasteiger partial charge in [0.15, 0.2) is 0 Å². The number of hydrogen-bond acceptors (Lipinski definition) is 3. The van der Waals surface area contributed by atoms with Gasteiger partial charge in [0, 0.05) is 32.8 Å². The Hall–Kier alpha value is -0.900. The number of rotatable bonds is 7. The van der Waals surface area contributed by atoms with Crippen LogP contribution in [0, 0.1) is 5.92 Å². The van der Waals surface area contributed by atoms with Gasteiger partial charge in [-0.2, -0.15) is 0 Å². The number of nitrogens with zero attached hydrogens (tertiary/aromatic N) is 2. The van der Waals surface area contributed by atoms with Crippen LogP contribution < -0.4 is 0 Å². The van der Waals surface area contributed by atoms with E-state index in [1.165, 1.54) is 45.3 Å². The van der Waals surface area contributed by atoms with E-state index in [1.807, 2.05) is 0 Å². The van der Waals surface area contributed by atoms with Crippen molar-refractivity contribution < 1.29 is 4.74 Å². The molecular weight excluding hydrogens is 284 g/mol. The van der Waals surface area contributed by atoms with Gasteiger partial charge in [-0.05, 0) is 55.8 Å². The molecule has 0 saturated carbocycles. The number of piperidine rings is 1. The Morgan fingerprint density at radius 3 is 2.61 bits per heavy atom. The fraction of sp³-hybridized carbons (Fsp3) is 0.700. The van der Waals surface area contributed by atoms with Gasteiger partial charge >= 0.3 is 0 Å². The molecule has 0 N–H and O–H groups in total. The molecule has 0 radical (unpaired) electrons. The van der Waals surface area contributed by atoms with Gasteiger partial charge in [0.25, 0.3) is 0 Å². The second-order valence-electron chi connectivity index (χ2n) is 7.22. The molecule has 1 unspecified atom stereocenters. The topological polar surface area (TPSA) is 15.7 Å². The van der Waals surface area contributed by atoms with Gasteiger partial charge in [0.2, 0.25) is 0 Å². The number of likely N-dealkylation sites (N-methyl/N-ethyl adjacent to an activating group) is 1. The summed E-state index contributed by atoms with van der Waals surface area (Å²) < 4.78 is 5.25. The first kappa shape index (κ1) is 16.9. The molecule has 0 aromatic heterocycles. The minimum atomic E-state index is 0.740. The van der Waals surface area contributed by atoms with Gasteiger partial charge in [0.05, 0.1) is 6.61 Å². The molecule has 1 aromatic carbocycles. The lowest BCUT2D eigenvalue weighted by atomic mass is 9.95. The second kappa shape index (κ2) is 8.27. The van der Waals surface area contributed by atoms with Crippen LogP contribution in [0.25, 0.3) is 0 Å². The quantitative estimate of drug-likeness (QED) is 0.769. The largest absolute Gasteiger partial charge is 0.383 e. The summed E-state index contributed by atoms with van der Waals surface area (Å²) in [6.07, 6.45) is 5.26. The third-order valence-electron chi connectivity index (χ3n) is 5.67. The van der Waals surface area contributed by atoms with E-state index in [9.17, 15) is 0 Å². The predicted molar refractivity (Wildman–Crippen MR) is 95.9 cm³/mol. The highest BCUT2D eigenvalue weighted by molar-refractivity contribution is 5.33. The molecule has 23 heavy (non-hydrogen) atoms. The van der Waals surface area contributed by atoms with Gasteiger partial charge < -0.3 is 9.64 Å². The molecule has 2 aliphatic rings. The van der Waals surface area contributed by atoms with E-state index in [4.69, 9.17) is 4.74 Å². The third kappa shape index (κ3) is 4.34. The standard InChI is InChI=1S/C20H32N2O/c1-3-21(11-12-23-2)15-17-7-6-10-22(16-17)20-13-18-8-4-5-9-19(18)14-20/h4-5,8-9,17,20H,3,6-7,10-16H2,1-2H3. The van der Waals surface area contributed by atoms with Crippen LogP contribution >= 0.6 is 0 Å². The Bertz CT molecular complexity index is 465. The summed E-state index contributed by atoms with van der Waals surface area (Å²) in [4.78, 5) is 5.33. The molecule has 3 nitrogen and oxygen atoms in total. The molecule has 1 aromatic rings. The summed E-state index contributed by atoms with van der Waals surface area (Å²) in [7, 11) is 1.80. The summed E-state index contributed by atoms with van der Waals surface area (Å²) in [5.41, 5.74) is 3.16. The molecule has 1 aliphatic heterocycles. The summed E-state index contributed by atoms with van der Waals surface area (Å²) in [6, 6.07) is 9.76. The minimum Gasteiger partial charge on any atom is -0.383 e. The number of ether oxygens (including phenoxy) is 1. The average Bonchev–Trinajstić information content (AvgIpc) is 3.03. The van der Waals surface area contributed by atoms with E-state index in [-0.39, 0.29) is 0 Å². The highest BCUT2D eigenvalue weighted by Crippen LogP contribution is 2.28. The monoisotopic (exact) mass is 316 g/mol. The predicted octanol–water partition coefficient (Wildman–Crippen LogP) is 2.83. The number of fused-ring (bicyclic) bond motifs is 1. The van der Waals surface area contributed by atoms with Crippen molar-refractivity contribution in [1.29, 1.82) is 0 Å². The zero-order valence-corrected chi connectivity index (χ0v) is 14.8. The van der Waals surface area contributed by atoms with Crippen molar-refractivity contribution in [3.8, 4) is 0 Å². The molecular formula is C20H32N2O.